The zero-order valence-electron chi connectivity index (χ0n) is 8.89. The number of hydrogen-bond donors (Lipinski definition) is 2. The molecule has 5 atom stereocenters. The Bertz CT molecular complexity index is 343. The van der Waals surface area contributed by atoms with Crippen LogP contribution in [0, 0.1) is 11.8 Å². The van der Waals surface area contributed by atoms with E-state index in [4.69, 9.17) is 9.84 Å². The third kappa shape index (κ3) is 1.59. The SMILES string of the molecule is O=C(O)C1CC1C(=O)N[C@@H]1C[C@H]2CC[C@@H]1O2. The van der Waals surface area contributed by atoms with Crippen LogP contribution in [0.25, 0.3) is 0 Å². The fourth-order valence-electron chi connectivity index (χ4n) is 2.84. The largest absolute Gasteiger partial charge is 0.481 e. The second-order valence-corrected chi connectivity index (χ2v) is 5.01. The molecule has 5 heteroatoms. The number of carboxylic acids is 1. The number of carboxylic acid groups (broad SMARTS) is 1. The second kappa shape index (κ2) is 3.45. The summed E-state index contributed by atoms with van der Waals surface area (Å²) >= 11 is 0. The Morgan fingerprint density at radius 1 is 1.19 bits per heavy atom. The van der Waals surface area contributed by atoms with E-state index < -0.39 is 11.9 Å². The molecule has 88 valence electrons. The quantitative estimate of drug-likeness (QED) is 0.716. The molecule has 2 N–H and O–H groups in total. The van der Waals surface area contributed by atoms with Crippen LogP contribution in [0.5, 0.6) is 0 Å². The number of amides is 1. The van der Waals surface area contributed by atoms with Crippen molar-refractivity contribution in [3.05, 3.63) is 0 Å². The van der Waals surface area contributed by atoms with Crippen LogP contribution in [0.15, 0.2) is 0 Å². The van der Waals surface area contributed by atoms with Crippen LogP contribution < -0.4 is 5.32 Å². The molecule has 1 amide bonds. The lowest BCUT2D eigenvalue weighted by Crippen LogP contribution is -2.42. The first-order chi connectivity index (χ1) is 7.65. The molecule has 2 bridgehead atoms. The van der Waals surface area contributed by atoms with Crippen molar-refractivity contribution in [2.45, 2.75) is 43.9 Å². The predicted octanol–water partition coefficient (Wildman–Crippen LogP) is 0.143. The van der Waals surface area contributed by atoms with Crippen LogP contribution in [-0.4, -0.2) is 35.2 Å². The first-order valence-corrected chi connectivity index (χ1v) is 5.84. The van der Waals surface area contributed by atoms with Gasteiger partial charge in [-0.15, -0.1) is 0 Å². The number of fused-ring (bicyclic) bond motifs is 2. The highest BCUT2D eigenvalue weighted by atomic mass is 16.5. The van der Waals surface area contributed by atoms with Crippen molar-refractivity contribution in [3.8, 4) is 0 Å². The van der Waals surface area contributed by atoms with Gasteiger partial charge in [-0.1, -0.05) is 0 Å². The summed E-state index contributed by atoms with van der Waals surface area (Å²) in [6, 6.07) is 0.112. The lowest BCUT2D eigenvalue weighted by Gasteiger charge is -2.19. The van der Waals surface area contributed by atoms with Crippen molar-refractivity contribution in [2.75, 3.05) is 0 Å². The van der Waals surface area contributed by atoms with Gasteiger partial charge in [-0.25, -0.2) is 0 Å². The molecule has 2 saturated heterocycles. The average molecular weight is 225 g/mol. The predicted molar refractivity (Wildman–Crippen MR) is 53.7 cm³/mol. The van der Waals surface area contributed by atoms with Gasteiger partial charge in [0.1, 0.15) is 0 Å². The molecule has 2 unspecified atom stereocenters. The van der Waals surface area contributed by atoms with Crippen molar-refractivity contribution in [2.24, 2.45) is 11.8 Å². The van der Waals surface area contributed by atoms with E-state index >= 15 is 0 Å². The highest BCUT2D eigenvalue weighted by Crippen LogP contribution is 2.40. The van der Waals surface area contributed by atoms with E-state index in [1.54, 1.807) is 0 Å². The molecular formula is C11H15NO4. The molecule has 3 aliphatic rings. The van der Waals surface area contributed by atoms with Crippen LogP contribution >= 0.6 is 0 Å². The summed E-state index contributed by atoms with van der Waals surface area (Å²) in [7, 11) is 0. The van der Waals surface area contributed by atoms with Crippen molar-refractivity contribution < 1.29 is 19.4 Å². The third-order valence-corrected chi connectivity index (χ3v) is 3.88. The molecular weight excluding hydrogens is 210 g/mol. The third-order valence-electron chi connectivity index (χ3n) is 3.88. The summed E-state index contributed by atoms with van der Waals surface area (Å²) in [5.41, 5.74) is 0. The number of rotatable bonds is 3. The summed E-state index contributed by atoms with van der Waals surface area (Å²) in [4.78, 5) is 22.4. The molecule has 0 radical (unpaired) electrons. The molecule has 2 heterocycles. The van der Waals surface area contributed by atoms with Gasteiger partial charge in [0, 0.05) is 0 Å². The number of aliphatic carboxylic acids is 1. The van der Waals surface area contributed by atoms with E-state index in [9.17, 15) is 9.59 Å². The highest BCUT2D eigenvalue weighted by Gasteiger charge is 2.50. The monoisotopic (exact) mass is 225 g/mol. The lowest BCUT2D eigenvalue weighted by molar-refractivity contribution is -0.140. The molecule has 1 aliphatic carbocycles. The van der Waals surface area contributed by atoms with E-state index in [-0.39, 0.29) is 24.0 Å². The molecule has 0 aromatic heterocycles. The fraction of sp³-hybridized carbons (Fsp3) is 0.818. The Labute approximate surface area is 93.2 Å². The second-order valence-electron chi connectivity index (χ2n) is 5.01. The van der Waals surface area contributed by atoms with Crippen LogP contribution in [0.1, 0.15) is 25.7 Å². The van der Waals surface area contributed by atoms with Crippen LogP contribution in [-0.2, 0) is 14.3 Å². The van der Waals surface area contributed by atoms with E-state index in [2.05, 4.69) is 5.32 Å². The minimum Gasteiger partial charge on any atom is -0.481 e. The van der Waals surface area contributed by atoms with Gasteiger partial charge >= 0.3 is 5.97 Å². The average Bonchev–Trinajstić information content (AvgIpc) is 2.81. The first-order valence-electron chi connectivity index (χ1n) is 5.84. The van der Waals surface area contributed by atoms with Crippen molar-refractivity contribution >= 4 is 11.9 Å². The summed E-state index contributed by atoms with van der Waals surface area (Å²) in [6.07, 6.45) is 3.96. The first kappa shape index (κ1) is 10.1. The van der Waals surface area contributed by atoms with Crippen LogP contribution in [0.3, 0.4) is 0 Å². The summed E-state index contributed by atoms with van der Waals surface area (Å²) in [6.45, 7) is 0. The molecule has 0 aromatic rings. The molecule has 3 rings (SSSR count). The van der Waals surface area contributed by atoms with Gasteiger partial charge in [-0.05, 0) is 25.7 Å². The zero-order valence-corrected chi connectivity index (χ0v) is 8.89. The highest BCUT2D eigenvalue weighted by molar-refractivity contribution is 5.89. The Balaban J connectivity index is 1.53. The topological polar surface area (TPSA) is 75.6 Å². The number of ether oxygens (including phenoxy) is 1. The number of carbonyl (C=O) groups excluding carboxylic acids is 1. The Morgan fingerprint density at radius 2 is 2.00 bits per heavy atom. The summed E-state index contributed by atoms with van der Waals surface area (Å²) < 4.78 is 5.63. The van der Waals surface area contributed by atoms with E-state index in [0.29, 0.717) is 12.5 Å². The summed E-state index contributed by atoms with van der Waals surface area (Å²) in [5, 5.41) is 11.7. The van der Waals surface area contributed by atoms with E-state index in [1.807, 2.05) is 0 Å². The Hall–Kier alpha value is -1.10. The van der Waals surface area contributed by atoms with Gasteiger partial charge in [-0.2, -0.15) is 0 Å². The number of nitrogens with one attached hydrogen (secondary N) is 1. The smallest absolute Gasteiger partial charge is 0.307 e. The van der Waals surface area contributed by atoms with Gasteiger partial charge in [0.25, 0.3) is 0 Å². The Morgan fingerprint density at radius 3 is 2.50 bits per heavy atom. The minimum absolute atomic E-state index is 0.103. The van der Waals surface area contributed by atoms with Crippen molar-refractivity contribution in [3.63, 3.8) is 0 Å². The molecule has 0 aromatic carbocycles. The fourth-order valence-corrected chi connectivity index (χ4v) is 2.84. The normalized spacial score (nSPS) is 44.4. The van der Waals surface area contributed by atoms with Crippen LogP contribution in [0.2, 0.25) is 0 Å². The number of carbonyl (C=O) groups is 2. The van der Waals surface area contributed by atoms with Gasteiger partial charge < -0.3 is 15.2 Å². The van der Waals surface area contributed by atoms with E-state index in [1.165, 1.54) is 0 Å². The molecule has 0 spiro atoms. The molecule has 3 fully saturated rings. The van der Waals surface area contributed by atoms with E-state index in [0.717, 1.165) is 19.3 Å². The summed E-state index contributed by atoms with van der Waals surface area (Å²) in [5.74, 6) is -1.73. The van der Waals surface area contributed by atoms with Crippen LogP contribution in [0.4, 0.5) is 0 Å². The maximum atomic E-state index is 11.7. The number of hydrogen-bond acceptors (Lipinski definition) is 3. The van der Waals surface area contributed by atoms with Crippen molar-refractivity contribution in [1.29, 1.82) is 0 Å². The van der Waals surface area contributed by atoms with Gasteiger partial charge in [0.2, 0.25) is 5.91 Å². The maximum Gasteiger partial charge on any atom is 0.307 e. The maximum absolute atomic E-state index is 11.7. The molecule has 1 saturated carbocycles. The molecule has 5 nitrogen and oxygen atoms in total. The van der Waals surface area contributed by atoms with Gasteiger partial charge in [0.15, 0.2) is 0 Å². The van der Waals surface area contributed by atoms with Crippen molar-refractivity contribution in [1.82, 2.24) is 5.32 Å². The van der Waals surface area contributed by atoms with Gasteiger partial charge in [-0.3, -0.25) is 9.59 Å². The minimum atomic E-state index is -0.857. The standard InChI is InChI=1S/C11H15NO4/c13-10(6-4-7(6)11(14)15)12-8-3-5-1-2-9(8)16-5/h5-9H,1-4H2,(H,12,13)(H,14,15)/t5-,6?,7?,8-,9+/m1/s1. The Kier molecular flexibility index (Phi) is 2.17. The zero-order chi connectivity index (χ0) is 11.3. The van der Waals surface area contributed by atoms with Gasteiger partial charge in [0.05, 0.1) is 30.1 Å². The lowest BCUT2D eigenvalue weighted by atomic mass is 9.95. The molecule has 16 heavy (non-hydrogen) atoms. The molecule has 2 aliphatic heterocycles.